The SMILES string of the molecule is CN(CC(=O)N(CCCN1CCOCC1)c1nc2c(Cl)cccc2s1)S(C)(=O)=O. The Morgan fingerprint density at radius 2 is 2.07 bits per heavy atom. The van der Waals surface area contributed by atoms with E-state index in [0.29, 0.717) is 22.2 Å². The lowest BCUT2D eigenvalue weighted by molar-refractivity contribution is -0.118. The predicted molar refractivity (Wildman–Crippen MR) is 116 cm³/mol. The van der Waals surface area contributed by atoms with Crippen LogP contribution in [-0.2, 0) is 19.6 Å². The zero-order valence-corrected chi connectivity index (χ0v) is 18.9. The van der Waals surface area contributed by atoms with Crippen molar-refractivity contribution in [3.63, 3.8) is 0 Å². The van der Waals surface area contributed by atoms with Crippen LogP contribution in [0.4, 0.5) is 5.13 Å². The topological polar surface area (TPSA) is 83.1 Å². The van der Waals surface area contributed by atoms with E-state index in [1.165, 1.54) is 18.4 Å². The number of amides is 1. The molecular weight excluding hydrogens is 436 g/mol. The van der Waals surface area contributed by atoms with Gasteiger partial charge in [-0.15, -0.1) is 0 Å². The summed E-state index contributed by atoms with van der Waals surface area (Å²) in [4.78, 5) is 21.4. The van der Waals surface area contributed by atoms with Gasteiger partial charge in [-0.2, -0.15) is 4.31 Å². The van der Waals surface area contributed by atoms with E-state index < -0.39 is 10.0 Å². The van der Waals surface area contributed by atoms with Gasteiger partial charge in [-0.1, -0.05) is 29.0 Å². The van der Waals surface area contributed by atoms with E-state index in [1.54, 1.807) is 11.0 Å². The normalized spacial score (nSPS) is 15.9. The van der Waals surface area contributed by atoms with Crippen LogP contribution in [-0.4, -0.2) is 87.8 Å². The molecule has 0 N–H and O–H groups in total. The maximum atomic E-state index is 13.0. The number of carbonyl (C=O) groups excluding carboxylic acids is 1. The molecule has 0 atom stereocenters. The number of para-hydroxylation sites is 1. The van der Waals surface area contributed by atoms with Gasteiger partial charge in [0.2, 0.25) is 15.9 Å². The molecule has 8 nitrogen and oxygen atoms in total. The highest BCUT2D eigenvalue weighted by Gasteiger charge is 2.24. The lowest BCUT2D eigenvalue weighted by atomic mass is 10.3. The summed E-state index contributed by atoms with van der Waals surface area (Å²) < 4.78 is 30.8. The van der Waals surface area contributed by atoms with Gasteiger partial charge in [-0.25, -0.2) is 13.4 Å². The van der Waals surface area contributed by atoms with Crippen LogP contribution in [0.1, 0.15) is 6.42 Å². The third kappa shape index (κ3) is 5.87. The third-order valence-corrected chi connectivity index (χ3v) is 7.38. The standard InChI is InChI=1S/C18H25ClN4O4S2/c1-21(29(2,25)26)13-16(24)23(8-4-7-22-9-11-27-12-10-22)18-20-17-14(19)5-3-6-15(17)28-18/h3,5-6H,4,7-13H2,1-2H3. The van der Waals surface area contributed by atoms with Crippen molar-refractivity contribution in [2.45, 2.75) is 6.42 Å². The summed E-state index contributed by atoms with van der Waals surface area (Å²) in [7, 11) is -2.06. The minimum absolute atomic E-state index is 0.236. The van der Waals surface area contributed by atoms with Crippen molar-refractivity contribution >= 4 is 54.2 Å². The van der Waals surface area contributed by atoms with Gasteiger partial charge in [-0.05, 0) is 18.6 Å². The number of hydrogen-bond donors (Lipinski definition) is 0. The maximum absolute atomic E-state index is 13.0. The number of hydrogen-bond acceptors (Lipinski definition) is 7. The monoisotopic (exact) mass is 460 g/mol. The Balaban J connectivity index is 1.77. The van der Waals surface area contributed by atoms with E-state index in [4.69, 9.17) is 16.3 Å². The molecule has 0 radical (unpaired) electrons. The number of ether oxygens (including phenoxy) is 1. The first-order valence-corrected chi connectivity index (χ1v) is 12.4. The summed E-state index contributed by atoms with van der Waals surface area (Å²) in [5.41, 5.74) is 0.650. The third-order valence-electron chi connectivity index (χ3n) is 4.77. The Labute approximate surface area is 180 Å². The number of halogens is 1. The molecule has 2 aromatic rings. The van der Waals surface area contributed by atoms with E-state index in [-0.39, 0.29) is 12.5 Å². The van der Waals surface area contributed by atoms with Crippen molar-refractivity contribution < 1.29 is 17.9 Å². The Hall–Kier alpha value is -1.30. The van der Waals surface area contributed by atoms with Crippen LogP contribution in [0, 0.1) is 0 Å². The van der Waals surface area contributed by atoms with E-state index in [0.717, 1.165) is 54.5 Å². The van der Waals surface area contributed by atoms with Crippen LogP contribution in [0.3, 0.4) is 0 Å². The fourth-order valence-electron chi connectivity index (χ4n) is 3.02. The van der Waals surface area contributed by atoms with Crippen molar-refractivity contribution in [3.05, 3.63) is 23.2 Å². The molecule has 29 heavy (non-hydrogen) atoms. The first-order valence-electron chi connectivity index (χ1n) is 9.32. The summed E-state index contributed by atoms with van der Waals surface area (Å²) in [6.07, 6.45) is 1.83. The first-order chi connectivity index (χ1) is 13.8. The summed E-state index contributed by atoms with van der Waals surface area (Å²) >= 11 is 7.62. The van der Waals surface area contributed by atoms with E-state index >= 15 is 0 Å². The van der Waals surface area contributed by atoms with Crippen molar-refractivity contribution in [1.82, 2.24) is 14.2 Å². The number of aromatic nitrogens is 1. The van der Waals surface area contributed by atoms with Gasteiger partial charge < -0.3 is 4.74 Å². The summed E-state index contributed by atoms with van der Waals surface area (Å²) in [6.45, 7) is 4.24. The quantitative estimate of drug-likeness (QED) is 0.598. The van der Waals surface area contributed by atoms with Gasteiger partial charge in [0, 0.05) is 33.2 Å². The number of rotatable bonds is 8. The number of morpholine rings is 1. The Morgan fingerprint density at radius 1 is 1.34 bits per heavy atom. The van der Waals surface area contributed by atoms with Crippen molar-refractivity contribution in [2.24, 2.45) is 0 Å². The van der Waals surface area contributed by atoms with Crippen LogP contribution in [0.5, 0.6) is 0 Å². The van der Waals surface area contributed by atoms with Crippen LogP contribution in [0.25, 0.3) is 10.2 Å². The van der Waals surface area contributed by atoms with Crippen LogP contribution in [0.15, 0.2) is 18.2 Å². The van der Waals surface area contributed by atoms with Gasteiger partial charge in [0.05, 0.1) is 35.7 Å². The molecule has 160 valence electrons. The molecule has 0 unspecified atom stereocenters. The predicted octanol–water partition coefficient (Wildman–Crippen LogP) is 1.90. The van der Waals surface area contributed by atoms with Gasteiger partial charge in [0.1, 0.15) is 5.52 Å². The number of nitrogens with zero attached hydrogens (tertiary/aromatic N) is 4. The van der Waals surface area contributed by atoms with E-state index in [1.807, 2.05) is 12.1 Å². The minimum Gasteiger partial charge on any atom is -0.379 e. The number of likely N-dealkylation sites (N-methyl/N-ethyl adjacent to an activating group) is 1. The molecule has 1 fully saturated rings. The second kappa shape index (κ2) is 9.67. The van der Waals surface area contributed by atoms with Crippen molar-refractivity contribution in [1.29, 1.82) is 0 Å². The van der Waals surface area contributed by atoms with Crippen LogP contribution >= 0.6 is 22.9 Å². The highest BCUT2D eigenvalue weighted by atomic mass is 35.5. The number of carbonyl (C=O) groups is 1. The second-order valence-electron chi connectivity index (χ2n) is 6.95. The van der Waals surface area contributed by atoms with Crippen molar-refractivity contribution in [2.75, 3.05) is 64.1 Å². The fraction of sp³-hybridized carbons (Fsp3) is 0.556. The maximum Gasteiger partial charge on any atom is 0.244 e. The highest BCUT2D eigenvalue weighted by molar-refractivity contribution is 7.88. The molecule has 1 aromatic heterocycles. The lowest BCUT2D eigenvalue weighted by Gasteiger charge is -2.28. The Morgan fingerprint density at radius 3 is 2.72 bits per heavy atom. The number of sulfonamides is 1. The van der Waals surface area contributed by atoms with E-state index in [2.05, 4.69) is 9.88 Å². The molecule has 1 aliphatic heterocycles. The average molecular weight is 461 g/mol. The molecule has 3 rings (SSSR count). The highest BCUT2D eigenvalue weighted by Crippen LogP contribution is 2.33. The van der Waals surface area contributed by atoms with Gasteiger partial charge in [0.15, 0.2) is 5.13 Å². The second-order valence-corrected chi connectivity index (χ2v) is 10.5. The number of thiazole rings is 1. The van der Waals surface area contributed by atoms with Crippen LogP contribution in [0.2, 0.25) is 5.02 Å². The molecule has 1 saturated heterocycles. The molecular formula is C18H25ClN4O4S2. The molecule has 2 heterocycles. The first kappa shape index (κ1) is 22.4. The summed E-state index contributed by atoms with van der Waals surface area (Å²) in [5.74, 6) is -0.310. The van der Waals surface area contributed by atoms with Crippen LogP contribution < -0.4 is 4.90 Å². The molecule has 0 aliphatic carbocycles. The number of fused-ring (bicyclic) bond motifs is 1. The Bertz CT molecular complexity index is 960. The number of anilines is 1. The number of benzene rings is 1. The van der Waals surface area contributed by atoms with Gasteiger partial charge >= 0.3 is 0 Å². The Kier molecular flexibility index (Phi) is 7.47. The molecule has 1 aromatic carbocycles. The molecule has 11 heteroatoms. The molecule has 0 spiro atoms. The van der Waals surface area contributed by atoms with Gasteiger partial charge in [0.25, 0.3) is 0 Å². The lowest BCUT2D eigenvalue weighted by Crippen LogP contribution is -2.43. The smallest absolute Gasteiger partial charge is 0.244 e. The largest absolute Gasteiger partial charge is 0.379 e. The summed E-state index contributed by atoms with van der Waals surface area (Å²) in [6, 6.07) is 5.51. The molecule has 0 saturated carbocycles. The molecule has 1 amide bonds. The summed E-state index contributed by atoms with van der Waals surface area (Å²) in [5, 5.41) is 1.06. The van der Waals surface area contributed by atoms with Gasteiger partial charge in [-0.3, -0.25) is 14.6 Å². The van der Waals surface area contributed by atoms with E-state index in [9.17, 15) is 13.2 Å². The molecule has 1 aliphatic rings. The van der Waals surface area contributed by atoms with Crippen molar-refractivity contribution in [3.8, 4) is 0 Å². The zero-order valence-electron chi connectivity index (χ0n) is 16.5. The average Bonchev–Trinajstić information content (AvgIpc) is 3.10. The minimum atomic E-state index is -3.46. The fourth-order valence-corrected chi connectivity index (χ4v) is 4.67. The molecule has 0 bridgehead atoms. The zero-order chi connectivity index (χ0) is 21.0.